The van der Waals surface area contributed by atoms with E-state index in [1.807, 2.05) is 49.4 Å². The molecule has 0 bridgehead atoms. The van der Waals surface area contributed by atoms with Crippen LogP contribution in [0.3, 0.4) is 0 Å². The lowest BCUT2D eigenvalue weighted by atomic mass is 10.1. The zero-order valence-electron chi connectivity index (χ0n) is 14.6. The van der Waals surface area contributed by atoms with Crippen molar-refractivity contribution in [3.05, 3.63) is 77.9 Å². The molecule has 0 saturated carbocycles. The standard InChI is InChI=1S/C21H20O5/c1-15-8-10-19(11-9-15)26-20(23)12-16(2)21(24)25-14-18(22)13-17-6-4-3-5-7-17/h3-11H,2,12-14H2,1H3. The quantitative estimate of drug-likeness (QED) is 0.414. The highest BCUT2D eigenvalue weighted by atomic mass is 16.5. The van der Waals surface area contributed by atoms with Crippen molar-refractivity contribution in [1.29, 1.82) is 0 Å². The van der Waals surface area contributed by atoms with E-state index in [2.05, 4.69) is 6.58 Å². The maximum absolute atomic E-state index is 11.9. The Morgan fingerprint density at radius 3 is 2.27 bits per heavy atom. The number of Topliss-reactive ketones (excluding diaryl/α,β-unsaturated/α-hetero) is 1. The van der Waals surface area contributed by atoms with Crippen LogP contribution in [0.2, 0.25) is 0 Å². The van der Waals surface area contributed by atoms with E-state index in [0.717, 1.165) is 11.1 Å². The molecular formula is C21H20O5. The predicted octanol–water partition coefficient (Wildman–Crippen LogP) is 3.20. The summed E-state index contributed by atoms with van der Waals surface area (Å²) in [4.78, 5) is 35.5. The van der Waals surface area contributed by atoms with Crippen molar-refractivity contribution in [2.45, 2.75) is 19.8 Å². The summed E-state index contributed by atoms with van der Waals surface area (Å²) in [5.41, 5.74) is 1.82. The van der Waals surface area contributed by atoms with Crippen LogP contribution in [0.1, 0.15) is 17.5 Å². The first kappa shape index (κ1) is 19.1. The van der Waals surface area contributed by atoms with Gasteiger partial charge in [-0.25, -0.2) is 4.79 Å². The van der Waals surface area contributed by atoms with Gasteiger partial charge in [0.2, 0.25) is 0 Å². The molecule has 2 aromatic rings. The molecule has 0 aliphatic heterocycles. The first-order chi connectivity index (χ1) is 12.4. The second-order valence-electron chi connectivity index (χ2n) is 5.84. The van der Waals surface area contributed by atoms with Gasteiger partial charge in [-0.05, 0) is 24.6 Å². The minimum atomic E-state index is -0.785. The minimum Gasteiger partial charge on any atom is -0.454 e. The normalized spacial score (nSPS) is 10.0. The highest BCUT2D eigenvalue weighted by Gasteiger charge is 2.16. The molecule has 0 aliphatic rings. The van der Waals surface area contributed by atoms with Gasteiger partial charge in [0.05, 0.1) is 6.42 Å². The average molecular weight is 352 g/mol. The van der Waals surface area contributed by atoms with Gasteiger partial charge in [-0.2, -0.15) is 0 Å². The monoisotopic (exact) mass is 352 g/mol. The summed E-state index contributed by atoms with van der Waals surface area (Å²) in [5, 5.41) is 0. The zero-order valence-corrected chi connectivity index (χ0v) is 14.6. The number of carbonyl (C=O) groups is 3. The van der Waals surface area contributed by atoms with Gasteiger partial charge in [0.25, 0.3) is 0 Å². The van der Waals surface area contributed by atoms with Crippen LogP contribution in [0.15, 0.2) is 66.7 Å². The zero-order chi connectivity index (χ0) is 18.9. The fourth-order valence-electron chi connectivity index (χ4n) is 2.14. The van der Waals surface area contributed by atoms with Crippen molar-refractivity contribution < 1.29 is 23.9 Å². The van der Waals surface area contributed by atoms with E-state index in [1.54, 1.807) is 12.1 Å². The fourth-order valence-corrected chi connectivity index (χ4v) is 2.14. The molecule has 0 N–H and O–H groups in total. The van der Waals surface area contributed by atoms with Crippen molar-refractivity contribution in [2.24, 2.45) is 0 Å². The van der Waals surface area contributed by atoms with Gasteiger partial charge in [-0.15, -0.1) is 0 Å². The summed E-state index contributed by atoms with van der Waals surface area (Å²) >= 11 is 0. The number of benzene rings is 2. The first-order valence-corrected chi connectivity index (χ1v) is 8.12. The molecule has 0 fully saturated rings. The van der Waals surface area contributed by atoms with Crippen molar-refractivity contribution in [3.8, 4) is 5.75 Å². The molecule has 0 saturated heterocycles. The highest BCUT2D eigenvalue weighted by molar-refractivity contribution is 5.95. The summed E-state index contributed by atoms with van der Waals surface area (Å²) in [5.74, 6) is -1.25. The van der Waals surface area contributed by atoms with Crippen LogP contribution in [0.25, 0.3) is 0 Å². The number of esters is 2. The average Bonchev–Trinajstić information content (AvgIpc) is 2.62. The lowest BCUT2D eigenvalue weighted by Gasteiger charge is -2.07. The summed E-state index contributed by atoms with van der Waals surface area (Å²) in [6.45, 7) is 5.08. The molecule has 134 valence electrons. The van der Waals surface area contributed by atoms with Crippen LogP contribution in [0.4, 0.5) is 0 Å². The van der Waals surface area contributed by atoms with E-state index in [0.29, 0.717) is 5.75 Å². The molecule has 0 spiro atoms. The molecule has 2 aromatic carbocycles. The fraction of sp³-hybridized carbons (Fsp3) is 0.190. The van der Waals surface area contributed by atoms with Crippen LogP contribution in [0.5, 0.6) is 5.75 Å². The van der Waals surface area contributed by atoms with Crippen molar-refractivity contribution in [1.82, 2.24) is 0 Å². The SMILES string of the molecule is C=C(CC(=O)Oc1ccc(C)cc1)C(=O)OCC(=O)Cc1ccccc1. The van der Waals surface area contributed by atoms with Crippen LogP contribution in [-0.2, 0) is 25.5 Å². The van der Waals surface area contributed by atoms with Gasteiger partial charge in [-0.1, -0.05) is 54.6 Å². The number of rotatable bonds is 8. The molecule has 5 nitrogen and oxygen atoms in total. The second-order valence-corrected chi connectivity index (χ2v) is 5.84. The molecule has 0 unspecified atom stereocenters. The van der Waals surface area contributed by atoms with Gasteiger partial charge in [0.1, 0.15) is 5.75 Å². The van der Waals surface area contributed by atoms with Crippen molar-refractivity contribution >= 4 is 17.7 Å². The Bertz CT molecular complexity index is 791. The molecule has 0 aromatic heterocycles. The van der Waals surface area contributed by atoms with E-state index in [4.69, 9.17) is 9.47 Å². The van der Waals surface area contributed by atoms with Gasteiger partial charge in [0.15, 0.2) is 12.4 Å². The Hall–Kier alpha value is -3.21. The number of aryl methyl sites for hydroxylation is 1. The van der Waals surface area contributed by atoms with E-state index >= 15 is 0 Å². The Kier molecular flexibility index (Phi) is 6.85. The molecule has 0 radical (unpaired) electrons. The molecule has 2 rings (SSSR count). The third kappa shape index (κ3) is 6.36. The summed E-state index contributed by atoms with van der Waals surface area (Å²) in [6, 6.07) is 16.1. The minimum absolute atomic E-state index is 0.0605. The van der Waals surface area contributed by atoms with Gasteiger partial charge in [-0.3, -0.25) is 9.59 Å². The maximum Gasteiger partial charge on any atom is 0.334 e. The number of hydrogen-bond donors (Lipinski definition) is 0. The van der Waals surface area contributed by atoms with Gasteiger partial charge in [0, 0.05) is 12.0 Å². The second kappa shape index (κ2) is 9.32. The molecule has 0 heterocycles. The molecule has 0 amide bonds. The molecule has 0 atom stereocenters. The lowest BCUT2D eigenvalue weighted by molar-refractivity contribution is -0.145. The van der Waals surface area contributed by atoms with Gasteiger partial charge < -0.3 is 9.47 Å². The number of ketones is 1. The Labute approximate surface area is 152 Å². The Balaban J connectivity index is 1.74. The number of carbonyl (C=O) groups excluding carboxylic acids is 3. The van der Waals surface area contributed by atoms with Gasteiger partial charge >= 0.3 is 11.9 Å². The third-order valence-corrected chi connectivity index (χ3v) is 3.51. The molecule has 0 aliphatic carbocycles. The van der Waals surface area contributed by atoms with E-state index in [-0.39, 0.29) is 30.8 Å². The Morgan fingerprint density at radius 2 is 1.62 bits per heavy atom. The lowest BCUT2D eigenvalue weighted by Crippen LogP contribution is -2.19. The van der Waals surface area contributed by atoms with Crippen LogP contribution in [-0.4, -0.2) is 24.3 Å². The Morgan fingerprint density at radius 1 is 0.962 bits per heavy atom. The largest absolute Gasteiger partial charge is 0.454 e. The predicted molar refractivity (Wildman–Crippen MR) is 96.7 cm³/mol. The molecule has 26 heavy (non-hydrogen) atoms. The maximum atomic E-state index is 11.9. The molecular weight excluding hydrogens is 332 g/mol. The highest BCUT2D eigenvalue weighted by Crippen LogP contribution is 2.13. The van der Waals surface area contributed by atoms with Crippen LogP contribution >= 0.6 is 0 Å². The van der Waals surface area contributed by atoms with E-state index < -0.39 is 11.9 Å². The smallest absolute Gasteiger partial charge is 0.334 e. The van der Waals surface area contributed by atoms with Crippen molar-refractivity contribution in [3.63, 3.8) is 0 Å². The summed E-state index contributed by atoms with van der Waals surface area (Å²) < 4.78 is 10.0. The van der Waals surface area contributed by atoms with Crippen molar-refractivity contribution in [2.75, 3.05) is 6.61 Å². The first-order valence-electron chi connectivity index (χ1n) is 8.12. The summed E-state index contributed by atoms with van der Waals surface area (Å²) in [6.07, 6.45) is -0.129. The summed E-state index contributed by atoms with van der Waals surface area (Å²) in [7, 11) is 0. The number of ether oxygens (including phenoxy) is 2. The van der Waals surface area contributed by atoms with Crippen LogP contribution < -0.4 is 4.74 Å². The van der Waals surface area contributed by atoms with E-state index in [9.17, 15) is 14.4 Å². The third-order valence-electron chi connectivity index (χ3n) is 3.51. The number of hydrogen-bond acceptors (Lipinski definition) is 5. The van der Waals surface area contributed by atoms with E-state index in [1.165, 1.54) is 0 Å². The molecule has 5 heteroatoms. The topological polar surface area (TPSA) is 69.7 Å². The van der Waals surface area contributed by atoms with Crippen LogP contribution in [0, 0.1) is 6.92 Å².